The van der Waals surface area contributed by atoms with Crippen LogP contribution in [-0.2, 0) is 6.18 Å². The number of carboxylic acid groups (broad SMARTS) is 1. The average molecular weight is 272 g/mol. The van der Waals surface area contributed by atoms with Crippen LogP contribution in [0.1, 0.15) is 16.1 Å². The molecule has 8 heteroatoms. The van der Waals surface area contributed by atoms with E-state index >= 15 is 0 Å². The van der Waals surface area contributed by atoms with E-state index in [4.69, 9.17) is 9.52 Å². The van der Waals surface area contributed by atoms with E-state index in [2.05, 4.69) is 10.3 Å². The maximum atomic E-state index is 12.7. The van der Waals surface area contributed by atoms with Gasteiger partial charge >= 0.3 is 12.1 Å². The van der Waals surface area contributed by atoms with Crippen molar-refractivity contribution in [2.24, 2.45) is 0 Å². The summed E-state index contributed by atoms with van der Waals surface area (Å²) in [5.74, 6) is -1.33. The van der Waals surface area contributed by atoms with Gasteiger partial charge in [0.1, 0.15) is 6.26 Å². The van der Waals surface area contributed by atoms with E-state index in [1.165, 1.54) is 18.2 Å². The van der Waals surface area contributed by atoms with Gasteiger partial charge in [0.15, 0.2) is 5.69 Å². The lowest BCUT2D eigenvalue weighted by atomic mass is 10.2. The molecule has 0 aliphatic heterocycles. The number of anilines is 2. The van der Waals surface area contributed by atoms with Gasteiger partial charge in [0, 0.05) is 0 Å². The SMILES string of the molecule is O=C(O)c1coc(Nc2ccccc2C(F)(F)F)n1. The minimum Gasteiger partial charge on any atom is -0.476 e. The molecule has 0 fully saturated rings. The van der Waals surface area contributed by atoms with Crippen molar-refractivity contribution in [1.82, 2.24) is 4.98 Å². The maximum Gasteiger partial charge on any atom is 0.418 e. The molecule has 1 aromatic heterocycles. The van der Waals surface area contributed by atoms with Crippen molar-refractivity contribution in [3.8, 4) is 0 Å². The first kappa shape index (κ1) is 12.9. The smallest absolute Gasteiger partial charge is 0.418 e. The molecule has 5 nitrogen and oxygen atoms in total. The normalized spacial score (nSPS) is 11.3. The first-order chi connectivity index (χ1) is 8.88. The van der Waals surface area contributed by atoms with E-state index in [1.807, 2.05) is 0 Å². The van der Waals surface area contributed by atoms with E-state index in [9.17, 15) is 18.0 Å². The molecule has 0 aliphatic carbocycles. The number of halogens is 3. The van der Waals surface area contributed by atoms with Crippen LogP contribution in [0.3, 0.4) is 0 Å². The quantitative estimate of drug-likeness (QED) is 0.897. The summed E-state index contributed by atoms with van der Waals surface area (Å²) in [5.41, 5.74) is -1.56. The number of carboxylic acids is 1. The number of para-hydroxylation sites is 1. The summed E-state index contributed by atoms with van der Waals surface area (Å²) in [5, 5.41) is 10.9. The number of hydrogen-bond donors (Lipinski definition) is 2. The lowest BCUT2D eigenvalue weighted by Gasteiger charge is -2.11. The van der Waals surface area contributed by atoms with E-state index < -0.39 is 23.4 Å². The topological polar surface area (TPSA) is 75.4 Å². The van der Waals surface area contributed by atoms with Crippen molar-refractivity contribution in [3.05, 3.63) is 41.8 Å². The number of nitrogens with zero attached hydrogens (tertiary/aromatic N) is 1. The van der Waals surface area contributed by atoms with Crippen molar-refractivity contribution < 1.29 is 27.5 Å². The van der Waals surface area contributed by atoms with Crippen LogP contribution >= 0.6 is 0 Å². The predicted octanol–water partition coefficient (Wildman–Crippen LogP) is 3.14. The molecular formula is C11H7F3N2O3. The summed E-state index contributed by atoms with van der Waals surface area (Å²) >= 11 is 0. The lowest BCUT2D eigenvalue weighted by Crippen LogP contribution is -2.08. The minimum atomic E-state index is -4.54. The van der Waals surface area contributed by atoms with Crippen LogP contribution in [0.25, 0.3) is 0 Å². The number of hydrogen-bond acceptors (Lipinski definition) is 4. The predicted molar refractivity (Wildman–Crippen MR) is 58.2 cm³/mol. The molecule has 0 amide bonds. The van der Waals surface area contributed by atoms with Crippen molar-refractivity contribution >= 4 is 17.7 Å². The standard InChI is InChI=1S/C11H7F3N2O3/c12-11(13,14)6-3-1-2-4-7(6)15-10-16-8(5-19-10)9(17)18/h1-5H,(H,15,16)(H,17,18). The maximum absolute atomic E-state index is 12.7. The van der Waals surface area contributed by atoms with Gasteiger partial charge in [-0.25, -0.2) is 4.79 Å². The zero-order valence-corrected chi connectivity index (χ0v) is 9.23. The van der Waals surface area contributed by atoms with E-state index in [1.54, 1.807) is 0 Å². The van der Waals surface area contributed by atoms with Gasteiger partial charge in [0.2, 0.25) is 0 Å². The highest BCUT2D eigenvalue weighted by molar-refractivity contribution is 5.85. The van der Waals surface area contributed by atoms with Gasteiger partial charge in [-0.2, -0.15) is 18.2 Å². The molecule has 2 aromatic rings. The zero-order chi connectivity index (χ0) is 14.0. The fraction of sp³-hybridized carbons (Fsp3) is 0.0909. The van der Waals surface area contributed by atoms with Gasteiger partial charge < -0.3 is 14.8 Å². The molecule has 1 heterocycles. The molecule has 2 rings (SSSR count). The van der Waals surface area contributed by atoms with Gasteiger partial charge in [-0.3, -0.25) is 0 Å². The average Bonchev–Trinajstić information content (AvgIpc) is 2.77. The summed E-state index contributed by atoms with van der Waals surface area (Å²) in [7, 11) is 0. The Hall–Kier alpha value is -2.51. The summed E-state index contributed by atoms with van der Waals surface area (Å²) in [6.45, 7) is 0. The molecule has 0 radical (unpaired) electrons. The highest BCUT2D eigenvalue weighted by Crippen LogP contribution is 2.35. The summed E-state index contributed by atoms with van der Waals surface area (Å²) in [6, 6.07) is 4.40. The van der Waals surface area contributed by atoms with Crippen molar-refractivity contribution in [2.75, 3.05) is 5.32 Å². The molecule has 0 spiro atoms. The second-order valence-corrected chi connectivity index (χ2v) is 3.51. The van der Waals surface area contributed by atoms with Crippen molar-refractivity contribution in [2.45, 2.75) is 6.18 Å². The van der Waals surface area contributed by atoms with Crippen LogP contribution in [0.5, 0.6) is 0 Å². The molecule has 1 aromatic carbocycles. The van der Waals surface area contributed by atoms with E-state index in [-0.39, 0.29) is 11.7 Å². The Morgan fingerprint density at radius 2 is 2.00 bits per heavy atom. The molecule has 0 unspecified atom stereocenters. The number of carbonyl (C=O) groups is 1. The number of aromatic nitrogens is 1. The van der Waals surface area contributed by atoms with Crippen LogP contribution in [0.15, 0.2) is 34.9 Å². The summed E-state index contributed by atoms with van der Waals surface area (Å²) in [4.78, 5) is 14.0. The highest BCUT2D eigenvalue weighted by Gasteiger charge is 2.33. The second kappa shape index (κ2) is 4.63. The summed E-state index contributed by atoms with van der Waals surface area (Å²) in [6.07, 6.45) is -3.70. The number of alkyl halides is 3. The van der Waals surface area contributed by atoms with E-state index in [0.29, 0.717) is 0 Å². The van der Waals surface area contributed by atoms with Crippen LogP contribution in [0.4, 0.5) is 24.9 Å². The number of nitrogens with one attached hydrogen (secondary N) is 1. The number of benzene rings is 1. The highest BCUT2D eigenvalue weighted by atomic mass is 19.4. The zero-order valence-electron chi connectivity index (χ0n) is 9.23. The number of oxazole rings is 1. The first-order valence-electron chi connectivity index (χ1n) is 5.00. The Balaban J connectivity index is 2.30. The van der Waals surface area contributed by atoms with Gasteiger partial charge in [-0.05, 0) is 12.1 Å². The molecule has 0 saturated heterocycles. The Labute approximate surface area is 104 Å². The van der Waals surface area contributed by atoms with Gasteiger partial charge in [-0.15, -0.1) is 0 Å². The van der Waals surface area contributed by atoms with Gasteiger partial charge in [-0.1, -0.05) is 12.1 Å². The fourth-order valence-electron chi connectivity index (χ4n) is 1.38. The molecule has 2 N–H and O–H groups in total. The Kier molecular flexibility index (Phi) is 3.16. The third-order valence-corrected chi connectivity index (χ3v) is 2.20. The van der Waals surface area contributed by atoms with Crippen LogP contribution < -0.4 is 5.32 Å². The molecule has 0 saturated carbocycles. The van der Waals surface area contributed by atoms with Crippen molar-refractivity contribution in [3.63, 3.8) is 0 Å². The third kappa shape index (κ3) is 2.84. The van der Waals surface area contributed by atoms with E-state index in [0.717, 1.165) is 12.3 Å². The molecule has 100 valence electrons. The van der Waals surface area contributed by atoms with Gasteiger partial charge in [0.25, 0.3) is 6.01 Å². The Morgan fingerprint density at radius 3 is 2.58 bits per heavy atom. The van der Waals surface area contributed by atoms with Crippen LogP contribution in [0.2, 0.25) is 0 Å². The fourth-order valence-corrected chi connectivity index (χ4v) is 1.38. The molecule has 0 bridgehead atoms. The molecule has 0 atom stereocenters. The largest absolute Gasteiger partial charge is 0.476 e. The van der Waals surface area contributed by atoms with Crippen LogP contribution in [0, 0.1) is 0 Å². The first-order valence-corrected chi connectivity index (χ1v) is 5.00. The Bertz CT molecular complexity index is 607. The molecule has 0 aliphatic rings. The second-order valence-electron chi connectivity index (χ2n) is 3.51. The Morgan fingerprint density at radius 1 is 1.32 bits per heavy atom. The molecule has 19 heavy (non-hydrogen) atoms. The van der Waals surface area contributed by atoms with Crippen LogP contribution in [-0.4, -0.2) is 16.1 Å². The van der Waals surface area contributed by atoms with Gasteiger partial charge in [0.05, 0.1) is 11.3 Å². The summed E-state index contributed by atoms with van der Waals surface area (Å²) < 4.78 is 42.8. The number of aromatic carboxylic acids is 1. The van der Waals surface area contributed by atoms with Crippen molar-refractivity contribution in [1.29, 1.82) is 0 Å². The number of rotatable bonds is 3. The molecular weight excluding hydrogens is 265 g/mol. The monoisotopic (exact) mass is 272 g/mol. The minimum absolute atomic E-state index is 0.270. The lowest BCUT2D eigenvalue weighted by molar-refractivity contribution is -0.136. The third-order valence-electron chi connectivity index (χ3n) is 2.20.